The Morgan fingerprint density at radius 1 is 1.54 bits per heavy atom. The molecular formula is C10H22N2O. The van der Waals surface area contributed by atoms with Gasteiger partial charge in [0.05, 0.1) is 6.61 Å². The summed E-state index contributed by atoms with van der Waals surface area (Å²) in [5.41, 5.74) is 0. The third-order valence-electron chi connectivity index (χ3n) is 3.12. The van der Waals surface area contributed by atoms with Crippen molar-refractivity contribution in [3.05, 3.63) is 0 Å². The second-order valence-corrected chi connectivity index (χ2v) is 3.98. The first-order chi connectivity index (χ1) is 6.29. The lowest BCUT2D eigenvalue weighted by Gasteiger charge is -2.39. The highest BCUT2D eigenvalue weighted by atomic mass is 16.6. The summed E-state index contributed by atoms with van der Waals surface area (Å²) in [7, 11) is 0. The Morgan fingerprint density at radius 2 is 2.31 bits per heavy atom. The van der Waals surface area contributed by atoms with E-state index in [1.54, 1.807) is 0 Å². The molecule has 1 saturated heterocycles. The maximum atomic E-state index is 5.14. The number of hydrogen-bond acceptors (Lipinski definition) is 3. The zero-order valence-electron chi connectivity index (χ0n) is 8.83. The van der Waals surface area contributed by atoms with Crippen molar-refractivity contribution < 1.29 is 4.84 Å². The average Bonchev–Trinajstić information content (AvgIpc) is 2.18. The summed E-state index contributed by atoms with van der Waals surface area (Å²) >= 11 is 0. The molecule has 2 N–H and O–H groups in total. The van der Waals surface area contributed by atoms with Gasteiger partial charge in [-0.25, -0.2) is 5.90 Å². The molecule has 2 unspecified atom stereocenters. The van der Waals surface area contributed by atoms with Crippen molar-refractivity contribution in [2.24, 2.45) is 5.90 Å². The van der Waals surface area contributed by atoms with Crippen molar-refractivity contribution in [1.29, 1.82) is 0 Å². The van der Waals surface area contributed by atoms with Crippen LogP contribution in [0.2, 0.25) is 0 Å². The Kier molecular flexibility index (Phi) is 4.70. The van der Waals surface area contributed by atoms with E-state index >= 15 is 0 Å². The first kappa shape index (κ1) is 11.0. The van der Waals surface area contributed by atoms with E-state index in [0.29, 0.717) is 18.7 Å². The smallest absolute Gasteiger partial charge is 0.0834 e. The van der Waals surface area contributed by atoms with Crippen LogP contribution in [0.25, 0.3) is 0 Å². The van der Waals surface area contributed by atoms with Gasteiger partial charge < -0.3 is 4.84 Å². The number of hydrogen-bond donors (Lipinski definition) is 1. The van der Waals surface area contributed by atoms with Crippen molar-refractivity contribution in [3.8, 4) is 0 Å². The first-order valence-electron chi connectivity index (χ1n) is 5.37. The highest BCUT2D eigenvalue weighted by Gasteiger charge is 2.25. The third-order valence-corrected chi connectivity index (χ3v) is 3.12. The number of rotatable bonds is 4. The molecule has 1 rings (SSSR count). The molecule has 0 bridgehead atoms. The number of likely N-dealkylation sites (tertiary alicyclic amines) is 1. The molecule has 3 nitrogen and oxygen atoms in total. The van der Waals surface area contributed by atoms with Crippen LogP contribution in [0.1, 0.15) is 39.5 Å². The maximum absolute atomic E-state index is 5.14. The lowest BCUT2D eigenvalue weighted by atomic mass is 10.00. The van der Waals surface area contributed by atoms with E-state index in [0.717, 1.165) is 0 Å². The Labute approximate surface area is 81.2 Å². The number of piperidine rings is 1. The lowest BCUT2D eigenvalue weighted by molar-refractivity contribution is 0.0199. The van der Waals surface area contributed by atoms with Crippen LogP contribution in [0.15, 0.2) is 0 Å². The van der Waals surface area contributed by atoms with Crippen LogP contribution < -0.4 is 5.90 Å². The summed E-state index contributed by atoms with van der Waals surface area (Å²) in [5.74, 6) is 5.14. The summed E-state index contributed by atoms with van der Waals surface area (Å²) < 4.78 is 0. The molecule has 2 atom stereocenters. The molecule has 1 aliphatic rings. The molecular weight excluding hydrogens is 164 g/mol. The van der Waals surface area contributed by atoms with Gasteiger partial charge in [-0.3, -0.25) is 4.90 Å². The zero-order valence-corrected chi connectivity index (χ0v) is 8.83. The van der Waals surface area contributed by atoms with E-state index in [1.807, 2.05) is 0 Å². The molecule has 0 amide bonds. The molecule has 0 saturated carbocycles. The fraction of sp³-hybridized carbons (Fsp3) is 1.00. The van der Waals surface area contributed by atoms with Crippen LogP contribution in [-0.2, 0) is 4.84 Å². The normalized spacial score (nSPS) is 27.5. The van der Waals surface area contributed by atoms with Crippen molar-refractivity contribution in [1.82, 2.24) is 4.90 Å². The van der Waals surface area contributed by atoms with Gasteiger partial charge in [0.25, 0.3) is 0 Å². The van der Waals surface area contributed by atoms with Crippen LogP contribution in [-0.4, -0.2) is 30.1 Å². The highest BCUT2D eigenvalue weighted by Crippen LogP contribution is 2.20. The lowest BCUT2D eigenvalue weighted by Crippen LogP contribution is -2.47. The maximum Gasteiger partial charge on any atom is 0.0834 e. The molecule has 78 valence electrons. The van der Waals surface area contributed by atoms with Crippen LogP contribution >= 0.6 is 0 Å². The Hall–Kier alpha value is -0.120. The minimum atomic E-state index is 0.550. The van der Waals surface area contributed by atoms with Crippen molar-refractivity contribution in [3.63, 3.8) is 0 Å². The van der Waals surface area contributed by atoms with Gasteiger partial charge in [0.2, 0.25) is 0 Å². The highest BCUT2D eigenvalue weighted by molar-refractivity contribution is 4.79. The van der Waals surface area contributed by atoms with E-state index in [1.165, 1.54) is 32.2 Å². The van der Waals surface area contributed by atoms with Crippen LogP contribution in [0, 0.1) is 0 Å². The molecule has 0 radical (unpaired) electrons. The molecule has 1 aliphatic heterocycles. The van der Waals surface area contributed by atoms with E-state index in [9.17, 15) is 0 Å². The standard InChI is InChI=1S/C10H22N2O/c1-3-9(2)12-7-5-4-6-10(12)8-13-11/h9-10H,3-8,11H2,1-2H3. The molecule has 3 heteroatoms. The number of nitrogens with zero attached hydrogens (tertiary/aromatic N) is 1. The van der Waals surface area contributed by atoms with Crippen molar-refractivity contribution in [2.45, 2.75) is 51.6 Å². The van der Waals surface area contributed by atoms with Gasteiger partial charge in [-0.1, -0.05) is 13.3 Å². The molecule has 0 aliphatic carbocycles. The fourth-order valence-electron chi connectivity index (χ4n) is 2.13. The van der Waals surface area contributed by atoms with Crippen LogP contribution in [0.3, 0.4) is 0 Å². The summed E-state index contributed by atoms with van der Waals surface area (Å²) in [6.07, 6.45) is 5.09. The third kappa shape index (κ3) is 2.93. The van der Waals surface area contributed by atoms with Crippen molar-refractivity contribution in [2.75, 3.05) is 13.2 Å². The molecule has 0 aromatic rings. The topological polar surface area (TPSA) is 38.5 Å². The summed E-state index contributed by atoms with van der Waals surface area (Å²) in [4.78, 5) is 7.30. The average molecular weight is 186 g/mol. The van der Waals surface area contributed by atoms with Gasteiger partial charge in [0.15, 0.2) is 0 Å². The van der Waals surface area contributed by atoms with E-state index < -0.39 is 0 Å². The first-order valence-corrected chi connectivity index (χ1v) is 5.37. The van der Waals surface area contributed by atoms with Gasteiger partial charge in [-0.2, -0.15) is 0 Å². The largest absolute Gasteiger partial charge is 0.303 e. The summed E-state index contributed by atoms with van der Waals surface area (Å²) in [5, 5.41) is 0. The van der Waals surface area contributed by atoms with Crippen molar-refractivity contribution >= 4 is 0 Å². The Morgan fingerprint density at radius 3 is 2.92 bits per heavy atom. The van der Waals surface area contributed by atoms with Gasteiger partial charge in [0.1, 0.15) is 0 Å². The Balaban J connectivity index is 2.45. The molecule has 1 fully saturated rings. The predicted molar refractivity (Wildman–Crippen MR) is 54.2 cm³/mol. The van der Waals surface area contributed by atoms with Gasteiger partial charge in [0, 0.05) is 12.1 Å². The monoisotopic (exact) mass is 186 g/mol. The zero-order chi connectivity index (χ0) is 9.68. The molecule has 0 spiro atoms. The summed E-state index contributed by atoms with van der Waals surface area (Å²) in [6.45, 7) is 6.42. The van der Waals surface area contributed by atoms with E-state index in [-0.39, 0.29) is 0 Å². The SMILES string of the molecule is CCC(C)N1CCCCC1CON. The molecule has 0 aromatic heterocycles. The quantitative estimate of drug-likeness (QED) is 0.677. The van der Waals surface area contributed by atoms with E-state index in [4.69, 9.17) is 10.7 Å². The second kappa shape index (κ2) is 5.58. The second-order valence-electron chi connectivity index (χ2n) is 3.98. The molecule has 0 aromatic carbocycles. The molecule has 1 heterocycles. The Bertz CT molecular complexity index is 139. The van der Waals surface area contributed by atoms with Crippen LogP contribution in [0.4, 0.5) is 0 Å². The van der Waals surface area contributed by atoms with Gasteiger partial charge >= 0.3 is 0 Å². The minimum absolute atomic E-state index is 0.550. The fourth-order valence-corrected chi connectivity index (χ4v) is 2.13. The molecule has 13 heavy (non-hydrogen) atoms. The predicted octanol–water partition coefficient (Wildman–Crippen LogP) is 1.53. The van der Waals surface area contributed by atoms with Gasteiger partial charge in [-0.05, 0) is 32.7 Å². The summed E-state index contributed by atoms with van der Waals surface area (Å²) in [6, 6.07) is 1.22. The van der Waals surface area contributed by atoms with Gasteiger partial charge in [-0.15, -0.1) is 0 Å². The van der Waals surface area contributed by atoms with Crippen LogP contribution in [0.5, 0.6) is 0 Å². The number of nitrogens with two attached hydrogens (primary N) is 1. The van der Waals surface area contributed by atoms with E-state index in [2.05, 4.69) is 18.7 Å². The minimum Gasteiger partial charge on any atom is -0.303 e.